The molecule has 0 saturated carbocycles. The van der Waals surface area contributed by atoms with Gasteiger partial charge >= 0.3 is 6.18 Å². The summed E-state index contributed by atoms with van der Waals surface area (Å²) in [4.78, 5) is -0.134. The smallest absolute Gasteiger partial charge is 0.416 e. The van der Waals surface area contributed by atoms with Gasteiger partial charge in [0.25, 0.3) is 0 Å². The normalized spacial score (nSPS) is 12.5. The first kappa shape index (κ1) is 21.7. The highest BCUT2D eigenvalue weighted by atomic mass is 35.5. The third kappa shape index (κ3) is 5.14. The SMILES string of the molecule is O=S(=O)(c1ccc(Cl)c(Cl)c1)N(Cc1cccc(C(F)(F)F)c1)Cc1ccco1. The molecule has 0 spiro atoms. The van der Waals surface area contributed by atoms with Crippen LogP contribution in [-0.4, -0.2) is 12.7 Å². The van der Waals surface area contributed by atoms with Crippen molar-refractivity contribution < 1.29 is 26.0 Å². The van der Waals surface area contributed by atoms with E-state index in [0.717, 1.165) is 16.4 Å². The van der Waals surface area contributed by atoms with Crippen LogP contribution in [0, 0.1) is 0 Å². The molecule has 0 aliphatic heterocycles. The highest BCUT2D eigenvalue weighted by Gasteiger charge is 2.31. The molecule has 2 aromatic carbocycles. The summed E-state index contributed by atoms with van der Waals surface area (Å²) in [7, 11) is -4.11. The summed E-state index contributed by atoms with van der Waals surface area (Å²) >= 11 is 11.8. The fraction of sp³-hybridized carbons (Fsp3) is 0.158. The molecular weight excluding hydrogens is 450 g/mol. The maximum Gasteiger partial charge on any atom is 0.416 e. The summed E-state index contributed by atoms with van der Waals surface area (Å²) < 4.78 is 71.6. The molecule has 29 heavy (non-hydrogen) atoms. The second-order valence-corrected chi connectivity index (χ2v) is 8.88. The molecule has 0 N–H and O–H groups in total. The van der Waals surface area contributed by atoms with Crippen molar-refractivity contribution in [3.05, 3.63) is 87.8 Å². The van der Waals surface area contributed by atoms with Crippen LogP contribution in [0.4, 0.5) is 13.2 Å². The summed E-state index contributed by atoms with van der Waals surface area (Å²) in [5, 5.41) is 0.228. The maximum absolute atomic E-state index is 13.2. The minimum Gasteiger partial charge on any atom is -0.468 e. The van der Waals surface area contributed by atoms with Crippen molar-refractivity contribution >= 4 is 33.2 Å². The van der Waals surface area contributed by atoms with Crippen LogP contribution in [0.25, 0.3) is 0 Å². The van der Waals surface area contributed by atoms with Crippen LogP contribution in [0.2, 0.25) is 10.0 Å². The van der Waals surface area contributed by atoms with Crippen LogP contribution in [-0.2, 0) is 29.3 Å². The maximum atomic E-state index is 13.2. The summed E-state index contributed by atoms with van der Waals surface area (Å²) in [6, 6.07) is 11.5. The lowest BCUT2D eigenvalue weighted by Gasteiger charge is -2.22. The van der Waals surface area contributed by atoms with Crippen molar-refractivity contribution in [3.8, 4) is 0 Å². The molecule has 0 bridgehead atoms. The lowest BCUT2D eigenvalue weighted by atomic mass is 10.1. The zero-order valence-electron chi connectivity index (χ0n) is 14.7. The molecular formula is C19H14Cl2F3NO3S. The fourth-order valence-corrected chi connectivity index (χ4v) is 4.42. The number of alkyl halides is 3. The number of furan rings is 1. The molecule has 1 heterocycles. The van der Waals surface area contributed by atoms with Gasteiger partial charge in [-0.25, -0.2) is 8.42 Å². The first-order valence-corrected chi connectivity index (χ1v) is 10.4. The van der Waals surface area contributed by atoms with Crippen molar-refractivity contribution in [3.63, 3.8) is 0 Å². The first-order chi connectivity index (χ1) is 13.6. The van der Waals surface area contributed by atoms with Gasteiger partial charge in [-0.1, -0.05) is 41.4 Å². The van der Waals surface area contributed by atoms with E-state index in [0.29, 0.717) is 5.76 Å². The van der Waals surface area contributed by atoms with Crippen molar-refractivity contribution in [1.82, 2.24) is 4.31 Å². The van der Waals surface area contributed by atoms with Gasteiger partial charge in [0.1, 0.15) is 5.76 Å². The van der Waals surface area contributed by atoms with Crippen LogP contribution < -0.4 is 0 Å². The predicted molar refractivity (Wildman–Crippen MR) is 103 cm³/mol. The minimum absolute atomic E-state index is 0.0461. The van der Waals surface area contributed by atoms with Crippen molar-refractivity contribution in [1.29, 1.82) is 0 Å². The molecule has 154 valence electrons. The number of nitrogens with zero attached hydrogens (tertiary/aromatic N) is 1. The second kappa shape index (κ2) is 8.39. The van der Waals surface area contributed by atoms with E-state index in [1.165, 1.54) is 36.6 Å². The van der Waals surface area contributed by atoms with Gasteiger partial charge in [-0.15, -0.1) is 0 Å². The summed E-state index contributed by atoms with van der Waals surface area (Å²) in [6.45, 7) is -0.473. The van der Waals surface area contributed by atoms with Gasteiger partial charge in [0.15, 0.2) is 0 Å². The molecule has 0 amide bonds. The largest absolute Gasteiger partial charge is 0.468 e. The van der Waals surface area contributed by atoms with E-state index < -0.39 is 21.8 Å². The molecule has 0 aliphatic carbocycles. The van der Waals surface area contributed by atoms with E-state index >= 15 is 0 Å². The van der Waals surface area contributed by atoms with E-state index in [1.807, 2.05) is 0 Å². The van der Waals surface area contributed by atoms with Crippen molar-refractivity contribution in [2.75, 3.05) is 0 Å². The molecule has 0 aliphatic rings. The minimum atomic E-state index is -4.54. The molecule has 0 unspecified atom stereocenters. The lowest BCUT2D eigenvalue weighted by molar-refractivity contribution is -0.137. The van der Waals surface area contributed by atoms with E-state index in [-0.39, 0.29) is 33.6 Å². The molecule has 3 rings (SSSR count). The van der Waals surface area contributed by atoms with Gasteiger partial charge in [-0.05, 0) is 42.0 Å². The monoisotopic (exact) mass is 463 g/mol. The van der Waals surface area contributed by atoms with Crippen LogP contribution in [0.15, 0.2) is 70.2 Å². The molecule has 1 aromatic heterocycles. The quantitative estimate of drug-likeness (QED) is 0.450. The number of halogens is 5. The molecule has 0 saturated heterocycles. The number of hydrogen-bond acceptors (Lipinski definition) is 3. The number of benzene rings is 2. The van der Waals surface area contributed by atoms with Crippen LogP contribution in [0.3, 0.4) is 0 Å². The lowest BCUT2D eigenvalue weighted by Crippen LogP contribution is -2.30. The van der Waals surface area contributed by atoms with Crippen molar-refractivity contribution in [2.45, 2.75) is 24.2 Å². The van der Waals surface area contributed by atoms with Gasteiger partial charge in [0.2, 0.25) is 10.0 Å². The summed E-state index contributed by atoms with van der Waals surface area (Å²) in [6.07, 6.45) is -3.16. The molecule has 0 fully saturated rings. The van der Waals surface area contributed by atoms with Crippen LogP contribution in [0.1, 0.15) is 16.9 Å². The third-order valence-electron chi connectivity index (χ3n) is 4.05. The summed E-state index contributed by atoms with van der Waals surface area (Å²) in [5.41, 5.74) is -0.685. The average Bonchev–Trinajstić information content (AvgIpc) is 3.16. The molecule has 3 aromatic rings. The molecule has 4 nitrogen and oxygen atoms in total. The Morgan fingerprint density at radius 1 is 0.931 bits per heavy atom. The summed E-state index contributed by atoms with van der Waals surface area (Å²) in [5.74, 6) is 0.334. The van der Waals surface area contributed by atoms with Gasteiger partial charge < -0.3 is 4.42 Å². The van der Waals surface area contributed by atoms with Crippen LogP contribution >= 0.6 is 23.2 Å². The third-order valence-corrected chi connectivity index (χ3v) is 6.58. The zero-order chi connectivity index (χ0) is 21.2. The Labute approximate surface area is 175 Å². The Morgan fingerprint density at radius 3 is 2.31 bits per heavy atom. The van der Waals surface area contributed by atoms with Crippen molar-refractivity contribution in [2.24, 2.45) is 0 Å². The van der Waals surface area contributed by atoms with E-state index in [1.54, 1.807) is 12.1 Å². The standard InChI is InChI=1S/C19H14Cl2F3NO3S/c20-17-7-6-16(10-18(17)21)29(26,27)25(12-15-5-2-8-28-15)11-13-3-1-4-14(9-13)19(22,23)24/h1-10H,11-12H2. The van der Waals surface area contributed by atoms with Gasteiger partial charge in [-0.3, -0.25) is 0 Å². The highest BCUT2D eigenvalue weighted by molar-refractivity contribution is 7.89. The van der Waals surface area contributed by atoms with E-state index in [2.05, 4.69) is 0 Å². The predicted octanol–water partition coefficient (Wildman–Crippen LogP) is 6.00. The Balaban J connectivity index is 2.00. The topological polar surface area (TPSA) is 50.5 Å². The van der Waals surface area contributed by atoms with E-state index in [4.69, 9.17) is 27.6 Å². The Hall–Kier alpha value is -2.00. The zero-order valence-corrected chi connectivity index (χ0v) is 17.0. The van der Waals surface area contributed by atoms with Gasteiger partial charge in [-0.2, -0.15) is 17.5 Å². The number of rotatable bonds is 6. The number of sulfonamides is 1. The van der Waals surface area contributed by atoms with Gasteiger partial charge in [0.05, 0.1) is 33.3 Å². The Morgan fingerprint density at radius 2 is 1.69 bits per heavy atom. The molecule has 10 heteroatoms. The molecule has 0 atom stereocenters. The first-order valence-electron chi connectivity index (χ1n) is 8.21. The Kier molecular flexibility index (Phi) is 6.28. The fourth-order valence-electron chi connectivity index (χ4n) is 2.64. The molecule has 0 radical (unpaired) electrons. The highest BCUT2D eigenvalue weighted by Crippen LogP contribution is 2.31. The van der Waals surface area contributed by atoms with E-state index in [9.17, 15) is 21.6 Å². The second-order valence-electron chi connectivity index (χ2n) is 6.13. The average molecular weight is 464 g/mol. The Bertz CT molecular complexity index is 1100. The van der Waals surface area contributed by atoms with Crippen LogP contribution in [0.5, 0.6) is 0 Å². The van der Waals surface area contributed by atoms with Gasteiger partial charge in [0, 0.05) is 6.54 Å². The number of hydrogen-bond donors (Lipinski definition) is 0.